The summed E-state index contributed by atoms with van der Waals surface area (Å²) in [4.78, 5) is 14.4. The molecule has 0 spiro atoms. The van der Waals surface area contributed by atoms with E-state index < -0.39 is 23.3 Å². The van der Waals surface area contributed by atoms with Gasteiger partial charge in [0.25, 0.3) is 5.91 Å². The smallest absolute Gasteiger partial charge is 0.335 e. The lowest BCUT2D eigenvalue weighted by Gasteiger charge is -2.23. The van der Waals surface area contributed by atoms with E-state index in [1.165, 1.54) is 30.3 Å². The maximum atomic E-state index is 14.2. The van der Waals surface area contributed by atoms with Gasteiger partial charge in [0.05, 0.1) is 10.7 Å². The molecule has 150 valence electrons. The van der Waals surface area contributed by atoms with Crippen molar-refractivity contribution in [3.8, 4) is 0 Å². The highest BCUT2D eigenvalue weighted by molar-refractivity contribution is 7.99. The van der Waals surface area contributed by atoms with E-state index in [-0.39, 0.29) is 10.8 Å². The minimum atomic E-state index is -0.750. The third-order valence-electron chi connectivity index (χ3n) is 3.95. The van der Waals surface area contributed by atoms with Gasteiger partial charge >= 0.3 is 11.6 Å². The number of nitrogens with zero attached hydrogens (tertiary/aromatic N) is 1. The van der Waals surface area contributed by atoms with Crippen LogP contribution in [0.25, 0.3) is 0 Å². The molecule has 1 amide bonds. The lowest BCUT2D eigenvalue weighted by atomic mass is 10.1. The van der Waals surface area contributed by atoms with E-state index in [9.17, 15) is 13.6 Å². The summed E-state index contributed by atoms with van der Waals surface area (Å²) in [7, 11) is 0. The molecule has 0 bridgehead atoms. The van der Waals surface area contributed by atoms with Crippen molar-refractivity contribution in [2.24, 2.45) is 0 Å². The minimum absolute atomic E-state index is 0.0698. The maximum Gasteiger partial charge on any atom is 0.335 e. The topological polar surface area (TPSA) is 66.5 Å². The Balaban J connectivity index is 0.000000878. The average Bonchev–Trinajstić information content (AvgIpc) is 2.95. The fraction of sp³-hybridized carbons (Fsp3) is 0.278. The van der Waals surface area contributed by atoms with Crippen molar-refractivity contribution in [2.75, 3.05) is 34.8 Å². The van der Waals surface area contributed by atoms with Crippen LogP contribution in [-0.2, 0) is 11.6 Å². The van der Waals surface area contributed by atoms with E-state index in [2.05, 4.69) is 5.32 Å². The van der Waals surface area contributed by atoms with Crippen LogP contribution in [0.1, 0.15) is 16.8 Å². The second-order valence-electron chi connectivity index (χ2n) is 5.77. The molecule has 3 rings (SSSR count). The third kappa shape index (κ3) is 6.29. The number of carbonyl (C=O) groups excluding carboxylic acids is 1. The fourth-order valence-corrected chi connectivity index (χ4v) is 3.73. The van der Waals surface area contributed by atoms with Crippen LogP contribution >= 0.6 is 23.4 Å². The number of benzene rings is 2. The van der Waals surface area contributed by atoms with Crippen LogP contribution in [0.15, 0.2) is 36.4 Å². The highest BCUT2D eigenvalue weighted by Crippen LogP contribution is 2.25. The summed E-state index contributed by atoms with van der Waals surface area (Å²) in [6.07, 6.45) is 0.981. The average molecular weight is 447 g/mol. The van der Waals surface area contributed by atoms with Gasteiger partial charge in [-0.05, 0) is 48.6 Å². The minimum Gasteiger partial charge on any atom is -0.368 e. The summed E-state index contributed by atoms with van der Waals surface area (Å²) in [5.41, 5.74) is 1.16. The molecule has 5 nitrogen and oxygen atoms in total. The number of rotatable bonds is 3. The zero-order valence-corrected chi connectivity index (χ0v) is 17.0. The largest absolute Gasteiger partial charge is 0.368 e. The second-order valence-corrected chi connectivity index (χ2v) is 7.54. The first-order valence-corrected chi connectivity index (χ1v) is 10.5. The molecule has 2 aromatic rings. The standard InChI is InChI=1S/C18H17ClF2N2OS.O2S/c19-14-11-13(3-5-15(14)20)22-18(24)12-2-4-16(21)17(10-12)23-6-1-8-25-9-7-23;1-3-2/h2-5,10-11H,1,6-9H2,(H,22,24);. The molecular formula is C18H17ClF2N2O3S2. The second kappa shape index (κ2) is 11.1. The predicted octanol–water partition coefficient (Wildman–Crippen LogP) is 4.14. The Labute approximate surface area is 174 Å². The molecule has 1 N–H and O–H groups in total. The monoisotopic (exact) mass is 446 g/mol. The molecule has 0 aliphatic carbocycles. The molecule has 28 heavy (non-hydrogen) atoms. The first-order chi connectivity index (χ1) is 13.5. The summed E-state index contributed by atoms with van der Waals surface area (Å²) in [5.74, 6) is 0.706. The van der Waals surface area contributed by atoms with Crippen LogP contribution in [0.2, 0.25) is 5.02 Å². The Bertz CT molecular complexity index is 872. The Morgan fingerprint density at radius 1 is 1.07 bits per heavy atom. The Hall–Kier alpha value is -1.97. The molecule has 2 aromatic carbocycles. The van der Waals surface area contributed by atoms with Crippen molar-refractivity contribution in [3.63, 3.8) is 0 Å². The van der Waals surface area contributed by atoms with Gasteiger partial charge in [0.1, 0.15) is 11.6 Å². The molecule has 1 aliphatic rings. The summed E-state index contributed by atoms with van der Waals surface area (Å²) in [6.45, 7) is 1.52. The zero-order chi connectivity index (χ0) is 20.5. The molecule has 0 aromatic heterocycles. The number of thioether (sulfide) groups is 1. The Kier molecular flexibility index (Phi) is 8.88. The van der Waals surface area contributed by atoms with Crippen LogP contribution in [0.4, 0.5) is 20.2 Å². The number of nitrogens with one attached hydrogen (secondary N) is 1. The number of carbonyl (C=O) groups is 1. The lowest BCUT2D eigenvalue weighted by molar-refractivity contribution is 0.102. The van der Waals surface area contributed by atoms with Crippen molar-refractivity contribution < 1.29 is 22.0 Å². The van der Waals surface area contributed by atoms with Crippen LogP contribution in [0.3, 0.4) is 0 Å². The highest BCUT2D eigenvalue weighted by atomic mass is 35.5. The number of halogens is 3. The SMILES string of the molecule is O=C(Nc1ccc(F)c(Cl)c1)c1ccc(F)c(N2CCCSCC2)c1.O=S=O. The molecular weight excluding hydrogens is 430 g/mol. The normalized spacial score (nSPS) is 13.8. The van der Waals surface area contributed by atoms with Gasteiger partial charge in [-0.2, -0.15) is 20.2 Å². The summed E-state index contributed by atoms with van der Waals surface area (Å²) in [5, 5.41) is 2.58. The van der Waals surface area contributed by atoms with Gasteiger partial charge < -0.3 is 10.2 Å². The molecule has 1 saturated heterocycles. The van der Waals surface area contributed by atoms with E-state index in [4.69, 9.17) is 20.0 Å². The van der Waals surface area contributed by atoms with E-state index in [0.29, 0.717) is 16.9 Å². The van der Waals surface area contributed by atoms with Gasteiger partial charge in [-0.15, -0.1) is 0 Å². The van der Waals surface area contributed by atoms with E-state index in [0.717, 1.165) is 31.0 Å². The van der Waals surface area contributed by atoms with Gasteiger partial charge in [0, 0.05) is 30.1 Å². The van der Waals surface area contributed by atoms with Gasteiger partial charge in [0.15, 0.2) is 0 Å². The first-order valence-electron chi connectivity index (χ1n) is 8.26. The molecule has 1 fully saturated rings. The van der Waals surface area contributed by atoms with Crippen LogP contribution in [0, 0.1) is 11.6 Å². The molecule has 1 aliphatic heterocycles. The van der Waals surface area contributed by atoms with Gasteiger partial charge in [-0.1, -0.05) is 11.6 Å². The molecule has 10 heteroatoms. The van der Waals surface area contributed by atoms with Crippen molar-refractivity contribution in [3.05, 3.63) is 58.6 Å². The van der Waals surface area contributed by atoms with E-state index in [1.807, 2.05) is 16.7 Å². The maximum absolute atomic E-state index is 14.2. The molecule has 1 heterocycles. The molecule has 0 radical (unpaired) electrons. The van der Waals surface area contributed by atoms with Crippen LogP contribution in [0.5, 0.6) is 0 Å². The van der Waals surface area contributed by atoms with Crippen LogP contribution < -0.4 is 10.2 Å². The Morgan fingerprint density at radius 2 is 1.79 bits per heavy atom. The van der Waals surface area contributed by atoms with Crippen molar-refractivity contribution in [1.82, 2.24) is 0 Å². The number of hydrogen-bond acceptors (Lipinski definition) is 5. The van der Waals surface area contributed by atoms with Gasteiger partial charge in [-0.3, -0.25) is 4.79 Å². The van der Waals surface area contributed by atoms with Gasteiger partial charge in [-0.25, -0.2) is 8.78 Å². The van der Waals surface area contributed by atoms with E-state index in [1.54, 1.807) is 6.07 Å². The van der Waals surface area contributed by atoms with Gasteiger partial charge in [0.2, 0.25) is 0 Å². The third-order valence-corrected chi connectivity index (χ3v) is 5.29. The first kappa shape index (κ1) is 22.3. The summed E-state index contributed by atoms with van der Waals surface area (Å²) >= 11 is 6.82. The predicted molar refractivity (Wildman–Crippen MR) is 109 cm³/mol. The summed E-state index contributed by atoms with van der Waals surface area (Å²) in [6, 6.07) is 8.25. The molecule has 0 unspecified atom stereocenters. The van der Waals surface area contributed by atoms with E-state index >= 15 is 0 Å². The van der Waals surface area contributed by atoms with Crippen LogP contribution in [-0.4, -0.2) is 38.9 Å². The number of hydrogen-bond donors (Lipinski definition) is 1. The van der Waals surface area contributed by atoms with Crippen molar-refractivity contribution in [2.45, 2.75) is 6.42 Å². The lowest BCUT2D eigenvalue weighted by Crippen LogP contribution is -2.27. The molecule has 0 atom stereocenters. The highest BCUT2D eigenvalue weighted by Gasteiger charge is 2.17. The Morgan fingerprint density at radius 3 is 2.50 bits per heavy atom. The number of amides is 1. The number of anilines is 2. The quantitative estimate of drug-likeness (QED) is 0.767. The fourth-order valence-electron chi connectivity index (χ4n) is 2.66. The van der Waals surface area contributed by atoms with Crippen molar-refractivity contribution in [1.29, 1.82) is 0 Å². The van der Waals surface area contributed by atoms with Crippen molar-refractivity contribution >= 4 is 52.2 Å². The molecule has 0 saturated carbocycles. The summed E-state index contributed by atoms with van der Waals surface area (Å²) < 4.78 is 44.0. The zero-order valence-electron chi connectivity index (χ0n) is 14.6.